The van der Waals surface area contributed by atoms with Gasteiger partial charge in [0, 0.05) is 13.1 Å². The van der Waals surface area contributed by atoms with Gasteiger partial charge in [0.25, 0.3) is 0 Å². The number of aromatic amines is 1. The van der Waals surface area contributed by atoms with Crippen molar-refractivity contribution in [1.82, 2.24) is 24.8 Å². The van der Waals surface area contributed by atoms with E-state index < -0.39 is 0 Å². The Morgan fingerprint density at radius 1 is 1.40 bits per heavy atom. The second-order valence-electron chi connectivity index (χ2n) is 5.67. The molecule has 0 amide bonds. The molecule has 20 heavy (non-hydrogen) atoms. The predicted octanol–water partition coefficient (Wildman–Crippen LogP) is 1.20. The topological polar surface area (TPSA) is 96.6 Å². The summed E-state index contributed by atoms with van der Waals surface area (Å²) in [5.74, 6) is 1.51. The van der Waals surface area contributed by atoms with E-state index in [0.29, 0.717) is 0 Å². The molecule has 0 bridgehead atoms. The van der Waals surface area contributed by atoms with Crippen molar-refractivity contribution in [2.45, 2.75) is 26.7 Å². The number of aromatic nitrogens is 5. The number of rotatable bonds is 3. The van der Waals surface area contributed by atoms with Gasteiger partial charge in [-0.3, -0.25) is 5.10 Å². The minimum absolute atomic E-state index is 0.258. The third-order valence-corrected chi connectivity index (χ3v) is 4.92. The number of nitrogens with one attached hydrogen (secondary N) is 1. The first-order chi connectivity index (χ1) is 9.61. The van der Waals surface area contributed by atoms with Crippen LogP contribution >= 0.6 is 11.5 Å². The number of aryl methyl sites for hydroxylation is 1. The van der Waals surface area contributed by atoms with E-state index in [9.17, 15) is 0 Å². The molecule has 0 atom stereocenters. The van der Waals surface area contributed by atoms with E-state index in [1.165, 1.54) is 11.5 Å². The van der Waals surface area contributed by atoms with Gasteiger partial charge in [0.1, 0.15) is 4.88 Å². The Hall–Kier alpha value is -1.54. The molecule has 7 nitrogen and oxygen atoms in total. The van der Waals surface area contributed by atoms with Gasteiger partial charge in [-0.05, 0) is 43.3 Å². The first-order valence-corrected chi connectivity index (χ1v) is 7.55. The van der Waals surface area contributed by atoms with Crippen LogP contribution in [0.3, 0.4) is 0 Å². The molecular formula is C12H19N7S. The van der Waals surface area contributed by atoms with Crippen LogP contribution in [0.1, 0.15) is 25.5 Å². The highest BCUT2D eigenvalue weighted by atomic mass is 32.1. The molecule has 0 aromatic carbocycles. The summed E-state index contributed by atoms with van der Waals surface area (Å²) in [5, 5.41) is 11.3. The predicted molar refractivity (Wildman–Crippen MR) is 78.6 cm³/mol. The molecule has 1 aliphatic rings. The third kappa shape index (κ3) is 2.40. The molecular weight excluding hydrogens is 274 g/mol. The highest BCUT2D eigenvalue weighted by Gasteiger charge is 2.30. The van der Waals surface area contributed by atoms with Gasteiger partial charge in [0.05, 0.1) is 5.69 Å². The smallest absolute Gasteiger partial charge is 0.245 e. The number of piperidine rings is 1. The fraction of sp³-hybridized carbons (Fsp3) is 0.667. The van der Waals surface area contributed by atoms with Gasteiger partial charge < -0.3 is 10.6 Å². The zero-order valence-electron chi connectivity index (χ0n) is 11.8. The number of hydrogen-bond donors (Lipinski definition) is 2. The zero-order chi connectivity index (χ0) is 14.2. The maximum atomic E-state index is 5.84. The van der Waals surface area contributed by atoms with E-state index in [1.54, 1.807) is 0 Å². The monoisotopic (exact) mass is 293 g/mol. The van der Waals surface area contributed by atoms with E-state index in [1.807, 2.05) is 6.92 Å². The van der Waals surface area contributed by atoms with Gasteiger partial charge in [0.15, 0.2) is 5.82 Å². The first kappa shape index (κ1) is 13.4. The van der Waals surface area contributed by atoms with Crippen molar-refractivity contribution in [2.75, 3.05) is 24.5 Å². The summed E-state index contributed by atoms with van der Waals surface area (Å²) in [6, 6.07) is 0. The minimum Gasteiger partial charge on any atom is -0.339 e. The minimum atomic E-state index is 0.258. The quantitative estimate of drug-likeness (QED) is 0.882. The molecule has 3 rings (SSSR count). The molecule has 0 radical (unpaired) electrons. The number of hydrogen-bond acceptors (Lipinski definition) is 7. The Balaban J connectivity index is 1.74. The number of H-pyrrole nitrogens is 1. The van der Waals surface area contributed by atoms with E-state index in [4.69, 9.17) is 5.73 Å². The molecule has 3 heterocycles. The van der Waals surface area contributed by atoms with Crippen molar-refractivity contribution < 1.29 is 0 Å². The van der Waals surface area contributed by atoms with Gasteiger partial charge >= 0.3 is 0 Å². The fourth-order valence-corrected chi connectivity index (χ4v) is 2.99. The van der Waals surface area contributed by atoms with Gasteiger partial charge in [0.2, 0.25) is 5.95 Å². The van der Waals surface area contributed by atoms with Crippen molar-refractivity contribution >= 4 is 17.5 Å². The van der Waals surface area contributed by atoms with Crippen molar-refractivity contribution in [3.8, 4) is 10.7 Å². The van der Waals surface area contributed by atoms with Crippen LogP contribution < -0.4 is 10.6 Å². The van der Waals surface area contributed by atoms with Crippen molar-refractivity contribution in [2.24, 2.45) is 11.1 Å². The molecule has 0 unspecified atom stereocenters. The van der Waals surface area contributed by atoms with Crippen LogP contribution in [0.15, 0.2) is 0 Å². The molecule has 108 valence electrons. The van der Waals surface area contributed by atoms with Crippen LogP contribution in [-0.2, 0) is 0 Å². The molecule has 1 saturated heterocycles. The summed E-state index contributed by atoms with van der Waals surface area (Å²) in [7, 11) is 0. The molecule has 0 spiro atoms. The lowest BCUT2D eigenvalue weighted by molar-refractivity contribution is 0.257. The van der Waals surface area contributed by atoms with Crippen LogP contribution in [0.25, 0.3) is 10.7 Å². The number of nitrogens with two attached hydrogens (primary N) is 1. The summed E-state index contributed by atoms with van der Waals surface area (Å²) in [5.41, 5.74) is 6.98. The highest BCUT2D eigenvalue weighted by Crippen LogP contribution is 2.31. The maximum absolute atomic E-state index is 5.84. The molecule has 3 N–H and O–H groups in total. The van der Waals surface area contributed by atoms with Crippen LogP contribution in [0.5, 0.6) is 0 Å². The number of nitrogens with zero attached hydrogens (tertiary/aromatic N) is 5. The average Bonchev–Trinajstić information content (AvgIpc) is 3.08. The molecule has 2 aromatic rings. The van der Waals surface area contributed by atoms with Crippen LogP contribution in [0.2, 0.25) is 0 Å². The molecule has 0 saturated carbocycles. The van der Waals surface area contributed by atoms with Crippen molar-refractivity contribution in [3.05, 3.63) is 5.69 Å². The summed E-state index contributed by atoms with van der Waals surface area (Å²) in [4.78, 5) is 7.73. The summed E-state index contributed by atoms with van der Waals surface area (Å²) >= 11 is 1.34. The lowest BCUT2D eigenvalue weighted by Crippen LogP contribution is -2.42. The summed E-state index contributed by atoms with van der Waals surface area (Å²) in [6.45, 7) is 6.82. The zero-order valence-corrected chi connectivity index (χ0v) is 12.6. The second kappa shape index (κ2) is 5.10. The SMILES string of the molecule is Cc1nnsc1-c1nc(N2CCC(C)(CN)CC2)n[nH]1. The first-order valence-electron chi connectivity index (χ1n) is 6.78. The largest absolute Gasteiger partial charge is 0.339 e. The Morgan fingerprint density at radius 2 is 2.15 bits per heavy atom. The number of anilines is 1. The lowest BCUT2D eigenvalue weighted by Gasteiger charge is -2.38. The highest BCUT2D eigenvalue weighted by molar-refractivity contribution is 7.09. The normalized spacial score (nSPS) is 18.4. The van der Waals surface area contributed by atoms with Crippen LogP contribution in [0.4, 0.5) is 5.95 Å². The van der Waals surface area contributed by atoms with Gasteiger partial charge in [-0.2, -0.15) is 4.98 Å². The summed E-state index contributed by atoms with van der Waals surface area (Å²) in [6.07, 6.45) is 2.16. The fourth-order valence-electron chi connectivity index (χ4n) is 2.40. The van der Waals surface area contributed by atoms with E-state index in [2.05, 4.69) is 36.6 Å². The average molecular weight is 293 g/mol. The van der Waals surface area contributed by atoms with Gasteiger partial charge in [-0.1, -0.05) is 11.4 Å². The Bertz CT molecular complexity index is 582. The molecule has 2 aromatic heterocycles. The van der Waals surface area contributed by atoms with Crippen LogP contribution in [-0.4, -0.2) is 44.4 Å². The Labute approximate surface area is 121 Å². The molecule has 8 heteroatoms. The second-order valence-corrected chi connectivity index (χ2v) is 6.43. The Morgan fingerprint density at radius 3 is 2.75 bits per heavy atom. The van der Waals surface area contributed by atoms with Gasteiger partial charge in [-0.25, -0.2) is 0 Å². The molecule has 1 aliphatic heterocycles. The Kier molecular flexibility index (Phi) is 3.43. The van der Waals surface area contributed by atoms with E-state index >= 15 is 0 Å². The summed E-state index contributed by atoms with van der Waals surface area (Å²) < 4.78 is 3.93. The van der Waals surface area contributed by atoms with Gasteiger partial charge in [-0.15, -0.1) is 10.2 Å². The maximum Gasteiger partial charge on any atom is 0.245 e. The van der Waals surface area contributed by atoms with E-state index in [0.717, 1.165) is 54.8 Å². The van der Waals surface area contributed by atoms with Crippen molar-refractivity contribution in [3.63, 3.8) is 0 Å². The van der Waals surface area contributed by atoms with E-state index in [-0.39, 0.29) is 5.41 Å². The lowest BCUT2D eigenvalue weighted by atomic mass is 9.81. The van der Waals surface area contributed by atoms with Crippen LogP contribution in [0, 0.1) is 12.3 Å². The molecule has 0 aliphatic carbocycles. The standard InChI is InChI=1S/C12H19N7S/c1-8-9(20-18-15-8)10-14-11(17-16-10)19-5-3-12(2,7-13)4-6-19/h3-7,13H2,1-2H3,(H,14,16,17). The molecule has 1 fully saturated rings. The van der Waals surface area contributed by atoms with Crippen molar-refractivity contribution in [1.29, 1.82) is 0 Å². The third-order valence-electron chi connectivity index (χ3n) is 4.09.